The van der Waals surface area contributed by atoms with Crippen LogP contribution in [-0.2, 0) is 18.4 Å². The average molecular weight is 875 g/mol. The van der Waals surface area contributed by atoms with Crippen molar-refractivity contribution >= 4 is 13.7 Å². The van der Waals surface area contributed by atoms with Gasteiger partial charge in [0.1, 0.15) is 13.2 Å². The van der Waals surface area contributed by atoms with E-state index in [1.54, 1.807) is 6.08 Å². The fraction of sp³-hybridized carbons (Fsp3) is 0.750. The highest BCUT2D eigenvalue weighted by Gasteiger charge is 2.23. The normalized spacial score (nSPS) is 14.8. The molecule has 0 aliphatic heterocycles. The lowest BCUT2D eigenvalue weighted by molar-refractivity contribution is -0.870. The molecule has 3 atom stereocenters. The van der Waals surface area contributed by atoms with Crippen molar-refractivity contribution < 1.29 is 32.9 Å². The molecule has 61 heavy (non-hydrogen) atoms. The average Bonchev–Trinajstić information content (AvgIpc) is 3.21. The zero-order valence-electron chi connectivity index (χ0n) is 40.1. The smallest absolute Gasteiger partial charge is 0.268 e. The number of carbonyl (C=O) groups is 1. The number of aliphatic hydroxyl groups is 1. The summed E-state index contributed by atoms with van der Waals surface area (Å²) in [7, 11) is 1.25. The standard InChI is InChI=1S/C52H95N2O6P/c1-6-8-10-12-14-16-18-19-20-21-22-23-24-25-26-27-28-29-30-31-32-33-34-35-36-38-40-42-44-46-52(56)53-50(49-60-61(57,58)59-48-47-54(3,4)5)51(55)45-43-41-39-37-17-15-13-11-9-7-2/h8,10,14,16,19-20,22-23,25-26,43,45,50-51,55H,6-7,9,11-13,15,17-18,21,24,27-42,44,46-49H2,1-5H3,(H-,53,56,57,58)/b10-8-,16-14-,20-19-,23-22-,26-25-,45-43+. The molecular weight excluding hydrogens is 780 g/mol. The molecule has 0 aliphatic carbocycles. The van der Waals surface area contributed by atoms with Crippen LogP contribution in [0, 0.1) is 0 Å². The van der Waals surface area contributed by atoms with Crippen molar-refractivity contribution in [2.45, 2.75) is 212 Å². The summed E-state index contributed by atoms with van der Waals surface area (Å²) in [4.78, 5) is 25.3. The predicted molar refractivity (Wildman–Crippen MR) is 260 cm³/mol. The Morgan fingerprint density at radius 1 is 0.590 bits per heavy atom. The zero-order chi connectivity index (χ0) is 45.0. The van der Waals surface area contributed by atoms with Gasteiger partial charge >= 0.3 is 0 Å². The number of unbranched alkanes of at least 4 members (excludes halogenated alkanes) is 21. The molecule has 0 aromatic carbocycles. The summed E-state index contributed by atoms with van der Waals surface area (Å²) in [5.41, 5.74) is 0. The van der Waals surface area contributed by atoms with Crippen molar-refractivity contribution in [2.24, 2.45) is 0 Å². The first-order chi connectivity index (χ1) is 29.5. The van der Waals surface area contributed by atoms with Crippen LogP contribution in [0.15, 0.2) is 72.9 Å². The van der Waals surface area contributed by atoms with Crippen LogP contribution < -0.4 is 10.2 Å². The molecule has 3 unspecified atom stereocenters. The lowest BCUT2D eigenvalue weighted by Crippen LogP contribution is -2.45. The van der Waals surface area contributed by atoms with E-state index in [1.165, 1.54) is 109 Å². The molecule has 0 fully saturated rings. The Kier molecular flexibility index (Phi) is 41.7. The fourth-order valence-electron chi connectivity index (χ4n) is 6.77. The second-order valence-electron chi connectivity index (χ2n) is 17.8. The minimum absolute atomic E-state index is 0.00369. The van der Waals surface area contributed by atoms with Crippen LogP contribution in [-0.4, -0.2) is 68.5 Å². The number of quaternary nitrogens is 1. The van der Waals surface area contributed by atoms with Gasteiger partial charge in [0.2, 0.25) is 5.91 Å². The number of hydrogen-bond acceptors (Lipinski definition) is 6. The second-order valence-corrected chi connectivity index (χ2v) is 19.2. The van der Waals surface area contributed by atoms with E-state index < -0.39 is 20.0 Å². The number of amides is 1. The largest absolute Gasteiger partial charge is 0.756 e. The van der Waals surface area contributed by atoms with Crippen LogP contribution in [0.4, 0.5) is 0 Å². The molecule has 2 N–H and O–H groups in total. The van der Waals surface area contributed by atoms with Crippen LogP contribution in [0.5, 0.6) is 0 Å². The fourth-order valence-corrected chi connectivity index (χ4v) is 7.49. The summed E-state index contributed by atoms with van der Waals surface area (Å²) in [6, 6.07) is -0.888. The zero-order valence-corrected chi connectivity index (χ0v) is 41.0. The third-order valence-corrected chi connectivity index (χ3v) is 11.6. The Balaban J connectivity index is 4.12. The van der Waals surface area contributed by atoms with E-state index >= 15 is 0 Å². The molecule has 0 heterocycles. The Morgan fingerprint density at radius 3 is 1.46 bits per heavy atom. The van der Waals surface area contributed by atoms with E-state index in [2.05, 4.69) is 79.9 Å². The highest BCUT2D eigenvalue weighted by atomic mass is 31.2. The van der Waals surface area contributed by atoms with E-state index in [0.29, 0.717) is 17.4 Å². The number of nitrogens with one attached hydrogen (secondary N) is 1. The maximum absolute atomic E-state index is 12.9. The lowest BCUT2D eigenvalue weighted by atomic mass is 10.0. The number of rotatable bonds is 44. The van der Waals surface area contributed by atoms with Crippen molar-refractivity contribution in [3.63, 3.8) is 0 Å². The van der Waals surface area contributed by atoms with E-state index in [-0.39, 0.29) is 19.1 Å². The molecule has 0 spiro atoms. The molecule has 0 saturated heterocycles. The van der Waals surface area contributed by atoms with Crippen LogP contribution in [0.25, 0.3) is 0 Å². The van der Waals surface area contributed by atoms with Gasteiger partial charge in [-0.3, -0.25) is 9.36 Å². The van der Waals surface area contributed by atoms with Gasteiger partial charge in [0.25, 0.3) is 7.82 Å². The van der Waals surface area contributed by atoms with Crippen LogP contribution in [0.1, 0.15) is 200 Å². The Labute approximate surface area is 376 Å². The second kappa shape index (κ2) is 43.2. The van der Waals surface area contributed by atoms with Gasteiger partial charge in [0.05, 0.1) is 39.9 Å². The maximum Gasteiger partial charge on any atom is 0.268 e. The molecule has 0 radical (unpaired) electrons. The van der Waals surface area contributed by atoms with Gasteiger partial charge in [-0.05, 0) is 64.2 Å². The summed E-state index contributed by atoms with van der Waals surface area (Å²) >= 11 is 0. The summed E-state index contributed by atoms with van der Waals surface area (Å²) in [5, 5.41) is 13.8. The highest BCUT2D eigenvalue weighted by molar-refractivity contribution is 7.45. The van der Waals surface area contributed by atoms with Gasteiger partial charge in [-0.1, -0.05) is 202 Å². The maximum atomic E-state index is 12.9. The molecule has 354 valence electrons. The van der Waals surface area contributed by atoms with Gasteiger partial charge in [0.15, 0.2) is 0 Å². The number of allylic oxidation sites excluding steroid dienone is 11. The highest BCUT2D eigenvalue weighted by Crippen LogP contribution is 2.38. The van der Waals surface area contributed by atoms with E-state index in [4.69, 9.17) is 9.05 Å². The molecule has 0 saturated carbocycles. The molecule has 9 heteroatoms. The van der Waals surface area contributed by atoms with Crippen molar-refractivity contribution in [1.29, 1.82) is 0 Å². The molecule has 0 rings (SSSR count). The number of nitrogens with zero attached hydrogens (tertiary/aromatic N) is 1. The van der Waals surface area contributed by atoms with Crippen LogP contribution >= 0.6 is 7.82 Å². The molecular formula is C52H95N2O6P. The number of aliphatic hydroxyl groups excluding tert-OH is 1. The number of phosphoric acid groups is 1. The Hall–Kier alpha value is -2.06. The number of phosphoric ester groups is 1. The summed E-state index contributed by atoms with van der Waals surface area (Å²) in [6.45, 7) is 4.50. The van der Waals surface area contributed by atoms with E-state index in [1.807, 2.05) is 27.2 Å². The minimum Gasteiger partial charge on any atom is -0.756 e. The van der Waals surface area contributed by atoms with Crippen LogP contribution in [0.2, 0.25) is 0 Å². The first-order valence-corrected chi connectivity index (χ1v) is 26.3. The van der Waals surface area contributed by atoms with E-state index in [0.717, 1.165) is 70.6 Å². The monoisotopic (exact) mass is 875 g/mol. The molecule has 8 nitrogen and oxygen atoms in total. The van der Waals surface area contributed by atoms with Gasteiger partial charge in [-0.25, -0.2) is 0 Å². The predicted octanol–water partition coefficient (Wildman–Crippen LogP) is 13.7. The number of likely N-dealkylation sites (N-methyl/N-ethyl adjacent to an activating group) is 1. The Bertz CT molecular complexity index is 1220. The first kappa shape index (κ1) is 58.9. The van der Waals surface area contributed by atoms with Gasteiger partial charge < -0.3 is 28.8 Å². The molecule has 0 aliphatic rings. The molecule has 0 bridgehead atoms. The van der Waals surface area contributed by atoms with Gasteiger partial charge in [0, 0.05) is 6.42 Å². The number of hydrogen-bond donors (Lipinski definition) is 2. The van der Waals surface area contributed by atoms with E-state index in [9.17, 15) is 19.4 Å². The molecule has 0 aromatic rings. The quantitative estimate of drug-likeness (QED) is 0.0273. The topological polar surface area (TPSA) is 108 Å². The van der Waals surface area contributed by atoms with Crippen LogP contribution in [0.3, 0.4) is 0 Å². The van der Waals surface area contributed by atoms with Crippen molar-refractivity contribution in [3.8, 4) is 0 Å². The molecule has 1 amide bonds. The minimum atomic E-state index is -4.59. The summed E-state index contributed by atoms with van der Waals surface area (Å²) in [5.74, 6) is -0.204. The molecule has 0 aromatic heterocycles. The summed E-state index contributed by atoms with van der Waals surface area (Å²) in [6.07, 6.45) is 58.2. The SMILES string of the molecule is CC/C=C\C/C=C\C/C=C\C/C=C\C/C=C\CCCCCCCCCCCCCCCC(=O)NC(COP(=O)([O-])OCC[N+](C)(C)C)C(O)/C=C/CCCCCCCCCC. The summed E-state index contributed by atoms with van der Waals surface area (Å²) < 4.78 is 23.2. The van der Waals surface area contributed by atoms with Crippen molar-refractivity contribution in [1.82, 2.24) is 5.32 Å². The van der Waals surface area contributed by atoms with Crippen molar-refractivity contribution in [3.05, 3.63) is 72.9 Å². The Morgan fingerprint density at radius 2 is 1.00 bits per heavy atom. The first-order valence-electron chi connectivity index (χ1n) is 24.8. The van der Waals surface area contributed by atoms with Gasteiger partial charge in [-0.2, -0.15) is 0 Å². The number of carbonyl (C=O) groups excluding carboxylic acids is 1. The lowest BCUT2D eigenvalue weighted by Gasteiger charge is -2.29. The third kappa shape index (κ3) is 45.8. The van der Waals surface area contributed by atoms with Crippen molar-refractivity contribution in [2.75, 3.05) is 40.9 Å². The third-order valence-electron chi connectivity index (χ3n) is 10.7. The van der Waals surface area contributed by atoms with Gasteiger partial charge in [-0.15, -0.1) is 0 Å².